The molecule has 1 aliphatic heterocycles. The van der Waals surface area contributed by atoms with Crippen LogP contribution in [0.15, 0.2) is 29.1 Å². The highest BCUT2D eigenvalue weighted by atomic mass is 19.2. The second-order valence-electron chi connectivity index (χ2n) is 5.47. The van der Waals surface area contributed by atoms with Gasteiger partial charge in [-0.1, -0.05) is 12.1 Å². The minimum absolute atomic E-state index is 0.111. The van der Waals surface area contributed by atoms with Gasteiger partial charge < -0.3 is 9.64 Å². The third-order valence-electron chi connectivity index (χ3n) is 3.89. The van der Waals surface area contributed by atoms with Crippen LogP contribution in [0.3, 0.4) is 0 Å². The fourth-order valence-electron chi connectivity index (χ4n) is 2.66. The number of hydrogen-bond acceptors (Lipinski definition) is 4. The highest BCUT2D eigenvalue weighted by molar-refractivity contribution is 5.42. The molecule has 23 heavy (non-hydrogen) atoms. The minimum atomic E-state index is -0.880. The van der Waals surface area contributed by atoms with Crippen LogP contribution in [0.1, 0.15) is 12.0 Å². The summed E-state index contributed by atoms with van der Waals surface area (Å²) in [5, 5.41) is 0. The Bertz CT molecular complexity index is 776. The van der Waals surface area contributed by atoms with E-state index in [1.54, 1.807) is 10.6 Å². The van der Waals surface area contributed by atoms with Crippen molar-refractivity contribution in [3.05, 3.63) is 51.9 Å². The molecule has 1 aliphatic rings. The van der Waals surface area contributed by atoms with E-state index in [0.29, 0.717) is 6.54 Å². The molecule has 0 radical (unpaired) electrons. The highest BCUT2D eigenvalue weighted by Gasteiger charge is 2.17. The Morgan fingerprint density at radius 2 is 2.13 bits per heavy atom. The molecule has 1 aromatic heterocycles. The molecule has 0 saturated carbocycles. The Morgan fingerprint density at radius 1 is 1.30 bits per heavy atom. The molecule has 0 aliphatic carbocycles. The summed E-state index contributed by atoms with van der Waals surface area (Å²) < 4.78 is 33.8. The van der Waals surface area contributed by atoms with E-state index in [-0.39, 0.29) is 30.2 Å². The van der Waals surface area contributed by atoms with Gasteiger partial charge in [-0.2, -0.15) is 4.98 Å². The average molecular weight is 321 g/mol. The maximum Gasteiger partial charge on any atom is 0.352 e. The van der Waals surface area contributed by atoms with E-state index in [9.17, 15) is 13.6 Å². The smallest absolute Gasteiger partial charge is 0.352 e. The van der Waals surface area contributed by atoms with Gasteiger partial charge in [-0.25, -0.2) is 13.6 Å². The Labute approximate surface area is 132 Å². The second-order valence-corrected chi connectivity index (χ2v) is 5.47. The molecule has 7 heteroatoms. The lowest BCUT2D eigenvalue weighted by atomic mass is 10.1. The molecule has 0 N–H and O–H groups in total. The summed E-state index contributed by atoms with van der Waals surface area (Å²) in [6, 6.07) is 5.72. The van der Waals surface area contributed by atoms with Crippen molar-refractivity contribution in [2.75, 3.05) is 25.1 Å². The van der Waals surface area contributed by atoms with Crippen LogP contribution in [0.25, 0.3) is 0 Å². The first-order valence-electron chi connectivity index (χ1n) is 7.45. The van der Waals surface area contributed by atoms with Crippen molar-refractivity contribution >= 4 is 5.82 Å². The van der Waals surface area contributed by atoms with Gasteiger partial charge in [0.2, 0.25) is 5.88 Å². The number of anilines is 1. The molecule has 0 amide bonds. The molecule has 122 valence electrons. The van der Waals surface area contributed by atoms with Gasteiger partial charge in [0.05, 0.1) is 6.61 Å². The van der Waals surface area contributed by atoms with Crippen molar-refractivity contribution in [1.29, 1.82) is 0 Å². The van der Waals surface area contributed by atoms with E-state index in [1.165, 1.54) is 12.1 Å². The zero-order valence-electron chi connectivity index (χ0n) is 12.8. The Hall–Kier alpha value is -2.44. The molecule has 0 unspecified atom stereocenters. The average Bonchev–Trinajstić information content (AvgIpc) is 2.53. The number of ether oxygens (including phenoxy) is 1. The number of benzene rings is 1. The predicted molar refractivity (Wildman–Crippen MR) is 81.9 cm³/mol. The number of hydrogen-bond donors (Lipinski definition) is 0. The van der Waals surface area contributed by atoms with Crippen molar-refractivity contribution in [1.82, 2.24) is 9.55 Å². The minimum Gasteiger partial charge on any atom is -0.477 e. The van der Waals surface area contributed by atoms with Gasteiger partial charge >= 0.3 is 5.69 Å². The molecule has 3 rings (SSSR count). The summed E-state index contributed by atoms with van der Waals surface area (Å²) in [6.45, 7) is 1.61. The van der Waals surface area contributed by atoms with Crippen molar-refractivity contribution < 1.29 is 13.5 Å². The van der Waals surface area contributed by atoms with Crippen LogP contribution in [0, 0.1) is 11.6 Å². The van der Waals surface area contributed by atoms with Gasteiger partial charge in [0.25, 0.3) is 0 Å². The van der Waals surface area contributed by atoms with Crippen molar-refractivity contribution in [3.63, 3.8) is 0 Å². The van der Waals surface area contributed by atoms with Crippen LogP contribution in [-0.2, 0) is 13.0 Å². The van der Waals surface area contributed by atoms with Crippen LogP contribution >= 0.6 is 0 Å². The van der Waals surface area contributed by atoms with E-state index in [0.717, 1.165) is 24.8 Å². The zero-order valence-corrected chi connectivity index (χ0v) is 12.8. The SMILES string of the molecule is CN1CCCn2c1cc(OCCc1cccc(F)c1F)nc2=O. The molecule has 0 bridgehead atoms. The maximum absolute atomic E-state index is 13.6. The maximum atomic E-state index is 13.6. The summed E-state index contributed by atoms with van der Waals surface area (Å²) in [5.74, 6) is -0.793. The Morgan fingerprint density at radius 3 is 2.96 bits per heavy atom. The quantitative estimate of drug-likeness (QED) is 0.864. The van der Waals surface area contributed by atoms with E-state index in [4.69, 9.17) is 4.74 Å². The van der Waals surface area contributed by atoms with Gasteiger partial charge in [-0.05, 0) is 18.1 Å². The molecule has 1 aromatic carbocycles. The van der Waals surface area contributed by atoms with Crippen LogP contribution in [-0.4, -0.2) is 29.8 Å². The number of fused-ring (bicyclic) bond motifs is 1. The van der Waals surface area contributed by atoms with E-state index < -0.39 is 11.6 Å². The largest absolute Gasteiger partial charge is 0.477 e. The van der Waals surface area contributed by atoms with Gasteiger partial charge in [0.15, 0.2) is 11.6 Å². The van der Waals surface area contributed by atoms with Crippen molar-refractivity contribution in [2.24, 2.45) is 0 Å². The Balaban J connectivity index is 1.72. The standard InChI is InChI=1S/C16H17F2N3O2/c1-20-7-3-8-21-14(20)10-13(19-16(21)22)23-9-6-11-4-2-5-12(17)15(11)18/h2,4-5,10H,3,6-9H2,1H3. The predicted octanol–water partition coefficient (Wildman–Crippen LogP) is 1.98. The molecule has 2 aromatic rings. The first kappa shape index (κ1) is 15.5. The zero-order chi connectivity index (χ0) is 16.4. The molecule has 5 nitrogen and oxygen atoms in total. The van der Waals surface area contributed by atoms with E-state index in [2.05, 4.69) is 4.98 Å². The first-order valence-corrected chi connectivity index (χ1v) is 7.45. The highest BCUT2D eigenvalue weighted by Crippen LogP contribution is 2.20. The molecular formula is C16H17F2N3O2. The summed E-state index contributed by atoms with van der Waals surface area (Å²) in [7, 11) is 1.90. The normalized spacial score (nSPS) is 13.8. The van der Waals surface area contributed by atoms with Crippen LogP contribution in [0.2, 0.25) is 0 Å². The lowest BCUT2D eigenvalue weighted by Crippen LogP contribution is -2.36. The first-order chi connectivity index (χ1) is 11.1. The number of halogens is 2. The van der Waals surface area contributed by atoms with Crippen molar-refractivity contribution in [3.8, 4) is 5.88 Å². The molecule has 0 atom stereocenters. The summed E-state index contributed by atoms with van der Waals surface area (Å²) >= 11 is 0. The third kappa shape index (κ3) is 3.18. The second kappa shape index (κ2) is 6.36. The van der Waals surface area contributed by atoms with Gasteiger partial charge in [0.1, 0.15) is 5.82 Å². The number of nitrogens with zero attached hydrogens (tertiary/aromatic N) is 3. The van der Waals surface area contributed by atoms with E-state index in [1.807, 2.05) is 11.9 Å². The van der Waals surface area contributed by atoms with E-state index >= 15 is 0 Å². The van der Waals surface area contributed by atoms with Crippen LogP contribution in [0.5, 0.6) is 5.88 Å². The fraction of sp³-hybridized carbons (Fsp3) is 0.375. The number of aromatic nitrogens is 2. The molecule has 2 heterocycles. The molecule has 0 saturated heterocycles. The lowest BCUT2D eigenvalue weighted by Gasteiger charge is -2.28. The molecular weight excluding hydrogens is 304 g/mol. The molecule has 0 fully saturated rings. The summed E-state index contributed by atoms with van der Waals surface area (Å²) in [5.41, 5.74) is -0.127. The van der Waals surface area contributed by atoms with Crippen molar-refractivity contribution in [2.45, 2.75) is 19.4 Å². The monoisotopic (exact) mass is 321 g/mol. The van der Waals surface area contributed by atoms with Gasteiger partial charge in [-0.3, -0.25) is 4.57 Å². The lowest BCUT2D eigenvalue weighted by molar-refractivity contribution is 0.303. The topological polar surface area (TPSA) is 47.4 Å². The van der Waals surface area contributed by atoms with Crippen LogP contribution in [0.4, 0.5) is 14.6 Å². The molecule has 0 spiro atoms. The Kier molecular flexibility index (Phi) is 4.27. The summed E-state index contributed by atoms with van der Waals surface area (Å²) in [4.78, 5) is 17.8. The third-order valence-corrected chi connectivity index (χ3v) is 3.89. The summed E-state index contributed by atoms with van der Waals surface area (Å²) in [6.07, 6.45) is 1.09. The van der Waals surface area contributed by atoms with Gasteiger partial charge in [0, 0.05) is 32.6 Å². The fourth-order valence-corrected chi connectivity index (χ4v) is 2.66. The van der Waals surface area contributed by atoms with Gasteiger partial charge in [-0.15, -0.1) is 0 Å². The number of rotatable bonds is 4. The van der Waals surface area contributed by atoms with Crippen LogP contribution < -0.4 is 15.3 Å².